The molecule has 4 aliphatic carbocycles. The molecule has 2 amide bonds. The van der Waals surface area contributed by atoms with Crippen molar-refractivity contribution >= 4 is 52.1 Å². The van der Waals surface area contributed by atoms with Crippen molar-refractivity contribution in [3.63, 3.8) is 0 Å². The maximum absolute atomic E-state index is 14.5. The molecule has 46 heavy (non-hydrogen) atoms. The summed E-state index contributed by atoms with van der Waals surface area (Å²) in [4.78, 5) is 45.4. The van der Waals surface area contributed by atoms with Crippen LogP contribution in [0.5, 0.6) is 5.75 Å². The first kappa shape index (κ1) is 31.2. The second-order valence-electron chi connectivity index (χ2n) is 14.0. The highest BCUT2D eigenvalue weighted by Gasteiger charge is 2.51. The van der Waals surface area contributed by atoms with Crippen LogP contribution in [-0.2, 0) is 20.7 Å². The maximum atomic E-state index is 14.5. The van der Waals surface area contributed by atoms with Gasteiger partial charge in [-0.15, -0.1) is 0 Å². The van der Waals surface area contributed by atoms with Crippen molar-refractivity contribution in [1.29, 1.82) is 0 Å². The van der Waals surface area contributed by atoms with E-state index in [2.05, 4.69) is 10.3 Å². The van der Waals surface area contributed by atoms with E-state index in [9.17, 15) is 19.5 Å². The number of piperidine rings is 1. The first-order valence-electron chi connectivity index (χ1n) is 16.3. The van der Waals surface area contributed by atoms with Crippen molar-refractivity contribution in [2.75, 3.05) is 6.54 Å². The number of nitrogens with zero attached hydrogens (tertiary/aromatic N) is 1. The van der Waals surface area contributed by atoms with E-state index in [1.54, 1.807) is 25.1 Å². The SMILES string of the molecule is C[C@](Cc1c[nH]c2ccccc12)(NC(=O)OC1C2CC3CC(C2)CC1C3)C(=O)N1CC[C@@H](Oc2ccc(Cl)cc2Cl)C[C@@H]1C(=O)O. The van der Waals surface area contributed by atoms with Crippen molar-refractivity contribution in [3.05, 3.63) is 64.3 Å². The topological polar surface area (TPSA) is 121 Å². The Labute approximate surface area is 277 Å². The molecule has 3 aromatic rings. The van der Waals surface area contributed by atoms with Gasteiger partial charge in [-0.25, -0.2) is 9.59 Å². The molecule has 1 saturated heterocycles. The standard InChI is InChI=1S/C35H39Cl2N3O6/c1-35(17-23-18-38-28-5-3-2-4-26(23)28,39-34(44)46-31-21-11-19-10-20(13-21)14-22(31)12-19)33(43)40-9-8-25(16-29(40)32(41)42)45-30-7-6-24(36)15-27(30)37/h2-7,15,18-22,25,29,31,38H,8-14,16-17H2,1H3,(H,39,44)(H,41,42)/t19?,20?,21?,22?,25-,29-,31?,35-/m1/s1. The van der Waals surface area contributed by atoms with Crippen molar-refractivity contribution < 1.29 is 29.0 Å². The van der Waals surface area contributed by atoms with E-state index in [4.69, 9.17) is 32.7 Å². The number of carbonyl (C=O) groups is 3. The van der Waals surface area contributed by atoms with Gasteiger partial charge in [0.25, 0.3) is 0 Å². The van der Waals surface area contributed by atoms with Crippen molar-refractivity contribution in [2.45, 2.75) is 82.1 Å². The van der Waals surface area contributed by atoms with Crippen LogP contribution in [-0.4, -0.2) is 63.3 Å². The highest BCUT2D eigenvalue weighted by Crippen LogP contribution is 2.54. The van der Waals surface area contributed by atoms with Crippen LogP contribution in [0.15, 0.2) is 48.7 Å². The van der Waals surface area contributed by atoms with E-state index in [1.807, 2.05) is 30.5 Å². The fraction of sp³-hybridized carbons (Fsp3) is 0.514. The summed E-state index contributed by atoms with van der Waals surface area (Å²) in [5, 5.41) is 15.0. The number of rotatable bonds is 8. The average Bonchev–Trinajstić information content (AvgIpc) is 3.41. The van der Waals surface area contributed by atoms with E-state index in [0.29, 0.717) is 34.1 Å². The molecule has 11 heteroatoms. The van der Waals surface area contributed by atoms with Crippen LogP contribution in [0, 0.1) is 23.7 Å². The van der Waals surface area contributed by atoms with E-state index >= 15 is 0 Å². The van der Waals surface area contributed by atoms with Gasteiger partial charge in [0.1, 0.15) is 29.5 Å². The van der Waals surface area contributed by atoms with Crippen LogP contribution >= 0.6 is 23.2 Å². The van der Waals surface area contributed by atoms with Gasteiger partial charge in [0, 0.05) is 47.9 Å². The molecule has 1 aliphatic heterocycles. The van der Waals surface area contributed by atoms with Crippen molar-refractivity contribution in [2.24, 2.45) is 23.7 Å². The number of amides is 2. The number of benzene rings is 2. The summed E-state index contributed by atoms with van der Waals surface area (Å²) in [5.74, 6) is 0.969. The number of H-pyrrole nitrogens is 1. The number of carboxylic acid groups (broad SMARTS) is 1. The molecule has 3 N–H and O–H groups in total. The summed E-state index contributed by atoms with van der Waals surface area (Å²) in [6, 6.07) is 11.5. The number of carboxylic acids is 1. The predicted molar refractivity (Wildman–Crippen MR) is 174 cm³/mol. The minimum absolute atomic E-state index is 0.0570. The Hall–Kier alpha value is -3.43. The summed E-state index contributed by atoms with van der Waals surface area (Å²) in [5.41, 5.74) is 0.268. The lowest BCUT2D eigenvalue weighted by atomic mass is 9.55. The van der Waals surface area contributed by atoms with Crippen LogP contribution in [0.1, 0.15) is 57.4 Å². The van der Waals surface area contributed by atoms with Crippen LogP contribution in [0.3, 0.4) is 0 Å². The molecule has 8 rings (SSSR count). The first-order chi connectivity index (χ1) is 22.1. The molecule has 0 radical (unpaired) electrons. The third-order valence-electron chi connectivity index (χ3n) is 10.7. The number of halogens is 2. The zero-order valence-corrected chi connectivity index (χ0v) is 27.2. The largest absolute Gasteiger partial charge is 0.489 e. The van der Waals surface area contributed by atoms with Gasteiger partial charge in [-0.2, -0.15) is 0 Å². The number of hydrogen-bond acceptors (Lipinski definition) is 5. The van der Waals surface area contributed by atoms with Gasteiger partial charge in [0.2, 0.25) is 5.91 Å². The maximum Gasteiger partial charge on any atom is 0.408 e. The number of para-hydroxylation sites is 1. The molecule has 5 fully saturated rings. The Bertz CT molecular complexity index is 1630. The second-order valence-corrected chi connectivity index (χ2v) is 14.8. The Morgan fingerprint density at radius 2 is 1.74 bits per heavy atom. The number of alkyl carbamates (subject to hydrolysis) is 1. The molecule has 2 aromatic carbocycles. The molecule has 244 valence electrons. The molecule has 4 bridgehead atoms. The Morgan fingerprint density at radius 3 is 2.43 bits per heavy atom. The predicted octanol–water partition coefficient (Wildman–Crippen LogP) is 6.85. The summed E-state index contributed by atoms with van der Waals surface area (Å²) in [7, 11) is 0. The highest BCUT2D eigenvalue weighted by atomic mass is 35.5. The smallest absolute Gasteiger partial charge is 0.408 e. The lowest BCUT2D eigenvalue weighted by Crippen LogP contribution is -2.64. The van der Waals surface area contributed by atoms with Crippen LogP contribution < -0.4 is 10.1 Å². The highest BCUT2D eigenvalue weighted by molar-refractivity contribution is 6.35. The number of likely N-dealkylation sites (tertiary alicyclic amines) is 1. The number of aromatic amines is 1. The number of aromatic nitrogens is 1. The first-order valence-corrected chi connectivity index (χ1v) is 17.0. The molecule has 0 unspecified atom stereocenters. The monoisotopic (exact) mass is 667 g/mol. The Balaban J connectivity index is 1.12. The number of aliphatic carboxylic acids is 1. The molecule has 4 saturated carbocycles. The molecule has 0 spiro atoms. The molecule has 3 atom stereocenters. The van der Waals surface area contributed by atoms with E-state index < -0.39 is 35.7 Å². The quantitative estimate of drug-likeness (QED) is 0.242. The summed E-state index contributed by atoms with van der Waals surface area (Å²) < 4.78 is 12.2. The minimum Gasteiger partial charge on any atom is -0.489 e. The van der Waals surface area contributed by atoms with Gasteiger partial charge in [-0.3, -0.25) is 4.79 Å². The fourth-order valence-electron chi connectivity index (χ4n) is 8.86. The zero-order chi connectivity index (χ0) is 32.2. The molecule has 5 aliphatic rings. The lowest BCUT2D eigenvalue weighted by Gasteiger charge is -2.53. The second kappa shape index (κ2) is 12.3. The van der Waals surface area contributed by atoms with Gasteiger partial charge in [0.05, 0.1) is 5.02 Å². The van der Waals surface area contributed by atoms with Gasteiger partial charge >= 0.3 is 12.1 Å². The number of fused-ring (bicyclic) bond motifs is 1. The van der Waals surface area contributed by atoms with E-state index in [-0.39, 0.29) is 25.5 Å². The summed E-state index contributed by atoms with van der Waals surface area (Å²) in [6.07, 6.45) is 6.82. The van der Waals surface area contributed by atoms with Crippen molar-refractivity contribution in [3.8, 4) is 5.75 Å². The molecular weight excluding hydrogens is 629 g/mol. The Morgan fingerprint density at radius 1 is 1.02 bits per heavy atom. The number of ether oxygens (including phenoxy) is 2. The van der Waals surface area contributed by atoms with Crippen LogP contribution in [0.2, 0.25) is 10.0 Å². The van der Waals surface area contributed by atoms with Crippen LogP contribution in [0.25, 0.3) is 10.9 Å². The third-order valence-corrected chi connectivity index (χ3v) is 11.3. The summed E-state index contributed by atoms with van der Waals surface area (Å²) in [6.45, 7) is 1.80. The zero-order valence-electron chi connectivity index (χ0n) is 25.7. The summed E-state index contributed by atoms with van der Waals surface area (Å²) >= 11 is 12.3. The molecule has 1 aromatic heterocycles. The normalized spacial score (nSPS) is 29.7. The fourth-order valence-corrected chi connectivity index (χ4v) is 9.32. The number of carbonyl (C=O) groups excluding carboxylic acids is 2. The number of hydrogen-bond donors (Lipinski definition) is 3. The molecule has 9 nitrogen and oxygen atoms in total. The third kappa shape index (κ3) is 6.04. The lowest BCUT2D eigenvalue weighted by molar-refractivity contribution is -0.157. The van der Waals surface area contributed by atoms with E-state index in [1.165, 1.54) is 11.3 Å². The van der Waals surface area contributed by atoms with Gasteiger partial charge in [-0.05, 0) is 92.5 Å². The van der Waals surface area contributed by atoms with Gasteiger partial charge in [-0.1, -0.05) is 41.4 Å². The van der Waals surface area contributed by atoms with Crippen molar-refractivity contribution in [1.82, 2.24) is 15.2 Å². The number of nitrogens with one attached hydrogen (secondary N) is 2. The average molecular weight is 669 g/mol. The van der Waals surface area contributed by atoms with Crippen LogP contribution in [0.4, 0.5) is 4.79 Å². The molecular formula is C35H39Cl2N3O6. The minimum atomic E-state index is -1.48. The Kier molecular flexibility index (Phi) is 8.34. The molecule has 2 heterocycles. The van der Waals surface area contributed by atoms with Gasteiger partial charge in [0.15, 0.2) is 0 Å². The van der Waals surface area contributed by atoms with Gasteiger partial charge < -0.3 is 29.8 Å². The van der Waals surface area contributed by atoms with E-state index in [0.717, 1.165) is 54.0 Å².